The molecule has 1 fully saturated rings. The van der Waals surface area contributed by atoms with Crippen LogP contribution in [0.4, 0.5) is 23.5 Å². The third kappa shape index (κ3) is 4.27. The van der Waals surface area contributed by atoms with Crippen LogP contribution in [0.2, 0.25) is 0 Å². The van der Waals surface area contributed by atoms with E-state index in [0.29, 0.717) is 38.3 Å². The Kier molecular flexibility index (Phi) is 6.26. The SMILES string of the molecule is COc1ccc2[nH]c3c(c2c1)CCN(c1nc(C(F)F)nc(C(F)F)n1)[C@H]3CC1COCOC1. The average Bonchev–Trinajstić information content (AvgIpc) is 3.22. The second kappa shape index (κ2) is 9.34. The zero-order chi connectivity index (χ0) is 23.8. The van der Waals surface area contributed by atoms with E-state index in [2.05, 4.69) is 19.9 Å². The molecule has 0 amide bonds. The topological polar surface area (TPSA) is 85.4 Å². The van der Waals surface area contributed by atoms with E-state index in [1.165, 1.54) is 0 Å². The molecule has 2 aromatic heterocycles. The van der Waals surface area contributed by atoms with Gasteiger partial charge < -0.3 is 24.1 Å². The van der Waals surface area contributed by atoms with Crippen LogP contribution in [0.25, 0.3) is 10.9 Å². The Morgan fingerprint density at radius 3 is 2.44 bits per heavy atom. The van der Waals surface area contributed by atoms with E-state index in [1.54, 1.807) is 12.0 Å². The minimum absolute atomic E-state index is 0.0131. The molecule has 3 aromatic rings. The number of nitrogens with one attached hydrogen (secondary N) is 1. The van der Waals surface area contributed by atoms with Gasteiger partial charge in [-0.05, 0) is 36.6 Å². The van der Waals surface area contributed by atoms with Crippen LogP contribution in [-0.4, -0.2) is 53.6 Å². The van der Waals surface area contributed by atoms with Crippen molar-refractivity contribution in [2.45, 2.75) is 31.7 Å². The minimum atomic E-state index is -3.10. The van der Waals surface area contributed by atoms with Gasteiger partial charge in [-0.3, -0.25) is 0 Å². The summed E-state index contributed by atoms with van der Waals surface area (Å²) in [6.45, 7) is 1.50. The van der Waals surface area contributed by atoms with Crippen molar-refractivity contribution in [1.82, 2.24) is 19.9 Å². The predicted octanol–water partition coefficient (Wildman–Crippen LogP) is 4.35. The summed E-state index contributed by atoms with van der Waals surface area (Å²) in [6.07, 6.45) is -5.13. The summed E-state index contributed by atoms with van der Waals surface area (Å²) in [5.41, 5.74) is 2.81. The van der Waals surface area contributed by atoms with Crippen molar-refractivity contribution in [1.29, 1.82) is 0 Å². The summed E-state index contributed by atoms with van der Waals surface area (Å²) in [4.78, 5) is 16.1. The number of H-pyrrole nitrogens is 1. The highest BCUT2D eigenvalue weighted by atomic mass is 19.3. The Labute approximate surface area is 192 Å². The summed E-state index contributed by atoms with van der Waals surface area (Å²) in [5.74, 6) is -1.39. The number of anilines is 1. The van der Waals surface area contributed by atoms with Crippen molar-refractivity contribution in [2.75, 3.05) is 38.6 Å². The van der Waals surface area contributed by atoms with Crippen molar-refractivity contribution >= 4 is 16.9 Å². The second-order valence-corrected chi connectivity index (χ2v) is 8.30. The van der Waals surface area contributed by atoms with Crippen LogP contribution in [-0.2, 0) is 15.9 Å². The van der Waals surface area contributed by atoms with Gasteiger partial charge in [0.25, 0.3) is 12.9 Å². The largest absolute Gasteiger partial charge is 0.497 e. The molecule has 182 valence electrons. The first kappa shape index (κ1) is 22.8. The Hall–Kier alpha value is -2.99. The molecule has 12 heteroatoms. The molecule has 1 atom stereocenters. The number of nitrogens with zero attached hydrogens (tertiary/aromatic N) is 4. The van der Waals surface area contributed by atoms with Crippen LogP contribution in [0.1, 0.15) is 48.2 Å². The van der Waals surface area contributed by atoms with Crippen LogP contribution >= 0.6 is 0 Å². The molecular formula is C22H23F4N5O3. The number of ether oxygens (including phenoxy) is 3. The molecule has 2 aliphatic rings. The summed E-state index contributed by atoms with van der Waals surface area (Å²) in [7, 11) is 1.59. The Balaban J connectivity index is 1.60. The van der Waals surface area contributed by atoms with Gasteiger partial charge in [0.05, 0.1) is 26.4 Å². The lowest BCUT2D eigenvalue weighted by Crippen LogP contribution is -2.39. The third-order valence-corrected chi connectivity index (χ3v) is 6.19. The molecule has 4 heterocycles. The number of methoxy groups -OCH3 is 1. The number of fused-ring (bicyclic) bond motifs is 3. The van der Waals surface area contributed by atoms with E-state index in [-0.39, 0.29) is 18.7 Å². The molecule has 0 saturated carbocycles. The molecule has 0 bridgehead atoms. The molecule has 2 aliphatic heterocycles. The number of hydrogen-bond acceptors (Lipinski definition) is 7. The van der Waals surface area contributed by atoms with E-state index in [0.717, 1.165) is 22.2 Å². The second-order valence-electron chi connectivity index (χ2n) is 8.30. The summed E-state index contributed by atoms with van der Waals surface area (Å²) in [5, 5.41) is 0.993. The normalized spacial score (nSPS) is 19.3. The highest BCUT2D eigenvalue weighted by molar-refractivity contribution is 5.87. The fourth-order valence-corrected chi connectivity index (χ4v) is 4.67. The quantitative estimate of drug-likeness (QED) is 0.524. The number of alkyl halides is 4. The van der Waals surface area contributed by atoms with Gasteiger partial charge in [0.15, 0.2) is 0 Å². The first-order valence-electron chi connectivity index (χ1n) is 10.9. The molecule has 0 radical (unpaired) electrons. The van der Waals surface area contributed by atoms with Crippen molar-refractivity contribution in [2.24, 2.45) is 5.92 Å². The van der Waals surface area contributed by atoms with Crippen LogP contribution < -0.4 is 9.64 Å². The smallest absolute Gasteiger partial charge is 0.297 e. The Morgan fingerprint density at radius 1 is 1.09 bits per heavy atom. The van der Waals surface area contributed by atoms with Crippen LogP contribution in [0.5, 0.6) is 5.75 Å². The van der Waals surface area contributed by atoms with E-state index in [4.69, 9.17) is 14.2 Å². The highest BCUT2D eigenvalue weighted by Crippen LogP contribution is 2.41. The molecule has 1 saturated heterocycles. The number of aromatic nitrogens is 4. The van der Waals surface area contributed by atoms with Gasteiger partial charge in [0.1, 0.15) is 12.5 Å². The van der Waals surface area contributed by atoms with E-state index < -0.39 is 30.5 Å². The van der Waals surface area contributed by atoms with Crippen molar-refractivity contribution < 1.29 is 31.8 Å². The summed E-state index contributed by atoms with van der Waals surface area (Å²) in [6, 6.07) is 5.30. The van der Waals surface area contributed by atoms with Crippen molar-refractivity contribution in [3.8, 4) is 5.75 Å². The molecule has 5 rings (SSSR count). The zero-order valence-electron chi connectivity index (χ0n) is 18.3. The van der Waals surface area contributed by atoms with E-state index >= 15 is 0 Å². The summed E-state index contributed by atoms with van der Waals surface area (Å²) >= 11 is 0. The number of rotatable bonds is 6. The number of benzene rings is 1. The van der Waals surface area contributed by atoms with Gasteiger partial charge in [-0.1, -0.05) is 0 Å². The Bertz CT molecular complexity index is 1140. The number of halogens is 4. The fraction of sp³-hybridized carbons (Fsp3) is 0.500. The lowest BCUT2D eigenvalue weighted by Gasteiger charge is -2.38. The molecule has 34 heavy (non-hydrogen) atoms. The summed E-state index contributed by atoms with van der Waals surface area (Å²) < 4.78 is 69.9. The highest BCUT2D eigenvalue weighted by Gasteiger charge is 2.36. The van der Waals surface area contributed by atoms with E-state index in [9.17, 15) is 17.6 Å². The van der Waals surface area contributed by atoms with Crippen LogP contribution in [0.15, 0.2) is 18.2 Å². The predicted molar refractivity (Wildman–Crippen MR) is 113 cm³/mol. The first-order valence-corrected chi connectivity index (χ1v) is 10.9. The van der Waals surface area contributed by atoms with Crippen LogP contribution in [0, 0.1) is 5.92 Å². The molecule has 0 spiro atoms. The lowest BCUT2D eigenvalue weighted by molar-refractivity contribution is -0.128. The lowest BCUT2D eigenvalue weighted by atomic mass is 9.90. The first-order chi connectivity index (χ1) is 16.4. The van der Waals surface area contributed by atoms with Crippen molar-refractivity contribution in [3.63, 3.8) is 0 Å². The monoisotopic (exact) mass is 481 g/mol. The number of aromatic amines is 1. The average molecular weight is 481 g/mol. The number of hydrogen-bond donors (Lipinski definition) is 1. The van der Waals surface area contributed by atoms with E-state index in [1.807, 2.05) is 18.2 Å². The van der Waals surface area contributed by atoms with Gasteiger partial charge in [0, 0.05) is 29.1 Å². The van der Waals surface area contributed by atoms with Gasteiger partial charge in [0.2, 0.25) is 17.6 Å². The molecule has 0 unspecified atom stereocenters. The standard InChI is InChI=1S/C22H23F4N5O3/c1-32-12-2-3-15-14(7-12)13-4-5-31(16(17(13)27-15)6-11-8-33-10-34-9-11)22-29-20(18(23)24)28-21(30-22)19(25)26/h2-3,7,11,16,18-19,27H,4-6,8-10H2,1H3/t16-/m0/s1. The van der Waals surface area contributed by atoms with Gasteiger partial charge >= 0.3 is 0 Å². The molecular weight excluding hydrogens is 458 g/mol. The molecule has 8 nitrogen and oxygen atoms in total. The minimum Gasteiger partial charge on any atom is -0.497 e. The molecule has 1 N–H and O–H groups in total. The maximum Gasteiger partial charge on any atom is 0.297 e. The third-order valence-electron chi connectivity index (χ3n) is 6.19. The fourth-order valence-electron chi connectivity index (χ4n) is 4.67. The maximum atomic E-state index is 13.4. The zero-order valence-corrected chi connectivity index (χ0v) is 18.3. The van der Waals surface area contributed by atoms with Crippen molar-refractivity contribution in [3.05, 3.63) is 41.1 Å². The van der Waals surface area contributed by atoms with Gasteiger partial charge in [-0.2, -0.15) is 9.97 Å². The molecule has 0 aliphatic carbocycles. The van der Waals surface area contributed by atoms with Crippen LogP contribution in [0.3, 0.4) is 0 Å². The van der Waals surface area contributed by atoms with Gasteiger partial charge in [-0.25, -0.2) is 22.5 Å². The Morgan fingerprint density at radius 2 is 1.79 bits per heavy atom. The maximum absolute atomic E-state index is 13.4. The van der Waals surface area contributed by atoms with Gasteiger partial charge in [-0.15, -0.1) is 0 Å². The molecule has 1 aromatic carbocycles.